The van der Waals surface area contributed by atoms with Gasteiger partial charge in [-0.2, -0.15) is 0 Å². The summed E-state index contributed by atoms with van der Waals surface area (Å²) in [6.07, 6.45) is 0.679. The number of carbonyl (C=O) groups is 1. The molecule has 0 saturated heterocycles. The summed E-state index contributed by atoms with van der Waals surface area (Å²) < 4.78 is 11.8. The van der Waals surface area contributed by atoms with Gasteiger partial charge in [-0.1, -0.05) is 5.21 Å². The molecule has 84 valence electrons. The van der Waals surface area contributed by atoms with Crippen LogP contribution < -0.4 is 0 Å². The third kappa shape index (κ3) is 3.10. The molecule has 0 spiro atoms. The van der Waals surface area contributed by atoms with E-state index in [4.69, 9.17) is 9.47 Å². The summed E-state index contributed by atoms with van der Waals surface area (Å²) in [5.74, 6) is 0. The summed E-state index contributed by atoms with van der Waals surface area (Å²) in [4.78, 5) is 10.6. The van der Waals surface area contributed by atoms with Gasteiger partial charge in [-0.3, -0.25) is 4.79 Å². The molecule has 0 aliphatic rings. The van der Waals surface area contributed by atoms with Gasteiger partial charge in [0.05, 0.1) is 25.5 Å². The minimum Gasteiger partial charge on any atom is -0.380 e. The van der Waals surface area contributed by atoms with E-state index in [0.717, 1.165) is 0 Å². The lowest BCUT2D eigenvalue weighted by molar-refractivity contribution is 0.111. The Kier molecular flexibility index (Phi) is 4.92. The highest BCUT2D eigenvalue weighted by molar-refractivity contribution is 5.73. The molecule has 0 saturated carbocycles. The van der Waals surface area contributed by atoms with Crippen LogP contribution in [-0.4, -0.2) is 41.6 Å². The number of ether oxygens (including phenoxy) is 2. The summed E-state index contributed by atoms with van der Waals surface area (Å²) >= 11 is 0. The molecule has 0 fully saturated rings. The highest BCUT2D eigenvalue weighted by atomic mass is 16.5. The van der Waals surface area contributed by atoms with Crippen molar-refractivity contribution < 1.29 is 14.3 Å². The number of aldehydes is 1. The first-order valence-electron chi connectivity index (χ1n) is 4.77. The fourth-order valence-corrected chi connectivity index (χ4v) is 1.20. The fourth-order valence-electron chi connectivity index (χ4n) is 1.20. The normalized spacial score (nSPS) is 10.5. The monoisotopic (exact) mass is 213 g/mol. The highest BCUT2D eigenvalue weighted by Crippen LogP contribution is 2.04. The molecule has 0 aliphatic heterocycles. The van der Waals surface area contributed by atoms with E-state index < -0.39 is 0 Å². The summed E-state index contributed by atoms with van der Waals surface area (Å²) in [6.45, 7) is 4.04. The molecule has 1 rings (SSSR count). The molecule has 0 aliphatic carbocycles. The topological polar surface area (TPSA) is 66.2 Å². The average Bonchev–Trinajstić information content (AvgIpc) is 2.62. The Bertz CT molecular complexity index is 312. The molecule has 1 aromatic heterocycles. The van der Waals surface area contributed by atoms with Crippen LogP contribution in [0, 0.1) is 0 Å². The maximum Gasteiger partial charge on any atom is 0.172 e. The number of hydrogen-bond acceptors (Lipinski definition) is 5. The van der Waals surface area contributed by atoms with Gasteiger partial charge < -0.3 is 9.47 Å². The molecule has 6 heteroatoms. The molecule has 15 heavy (non-hydrogen) atoms. The molecular weight excluding hydrogens is 198 g/mol. The van der Waals surface area contributed by atoms with Crippen LogP contribution in [0.3, 0.4) is 0 Å². The molecule has 0 bridgehead atoms. The first kappa shape index (κ1) is 11.8. The van der Waals surface area contributed by atoms with Crippen molar-refractivity contribution in [3.63, 3.8) is 0 Å². The van der Waals surface area contributed by atoms with Crippen LogP contribution in [0.2, 0.25) is 0 Å². The van der Waals surface area contributed by atoms with Gasteiger partial charge in [0.15, 0.2) is 12.0 Å². The van der Waals surface area contributed by atoms with Crippen molar-refractivity contribution in [2.75, 3.05) is 20.3 Å². The Labute approximate surface area is 88.2 Å². The average molecular weight is 213 g/mol. The Balaban J connectivity index is 2.68. The zero-order valence-electron chi connectivity index (χ0n) is 8.97. The van der Waals surface area contributed by atoms with Gasteiger partial charge in [0, 0.05) is 13.7 Å². The maximum absolute atomic E-state index is 10.6. The smallest absolute Gasteiger partial charge is 0.172 e. The molecule has 0 atom stereocenters. The van der Waals surface area contributed by atoms with Crippen molar-refractivity contribution in [2.24, 2.45) is 0 Å². The van der Waals surface area contributed by atoms with Gasteiger partial charge in [-0.25, -0.2) is 4.68 Å². The van der Waals surface area contributed by atoms with Gasteiger partial charge in [0.25, 0.3) is 0 Å². The summed E-state index contributed by atoms with van der Waals surface area (Å²) in [7, 11) is 1.56. The second kappa shape index (κ2) is 6.26. The van der Waals surface area contributed by atoms with E-state index in [9.17, 15) is 4.79 Å². The SMILES string of the molecule is CCOCCn1nnc(C=O)c1COC. The summed E-state index contributed by atoms with van der Waals surface area (Å²) in [5, 5.41) is 7.59. The number of carbonyl (C=O) groups excluding carboxylic acids is 1. The van der Waals surface area contributed by atoms with E-state index in [1.807, 2.05) is 6.92 Å². The number of rotatable bonds is 7. The first-order chi connectivity index (χ1) is 7.33. The van der Waals surface area contributed by atoms with Gasteiger partial charge in [-0.15, -0.1) is 5.10 Å². The molecule has 0 N–H and O–H groups in total. The number of aromatic nitrogens is 3. The number of methoxy groups -OCH3 is 1. The minimum atomic E-state index is 0.327. The van der Waals surface area contributed by atoms with Gasteiger partial charge in [-0.05, 0) is 6.92 Å². The van der Waals surface area contributed by atoms with Crippen molar-refractivity contribution in [3.8, 4) is 0 Å². The van der Waals surface area contributed by atoms with Crippen LogP contribution in [-0.2, 0) is 22.6 Å². The van der Waals surface area contributed by atoms with E-state index >= 15 is 0 Å². The quantitative estimate of drug-likeness (QED) is 0.480. The third-order valence-electron chi connectivity index (χ3n) is 1.91. The molecule has 1 heterocycles. The summed E-state index contributed by atoms with van der Waals surface area (Å²) in [5.41, 5.74) is 1.01. The van der Waals surface area contributed by atoms with Crippen LogP contribution in [0.1, 0.15) is 23.1 Å². The van der Waals surface area contributed by atoms with Crippen molar-refractivity contribution >= 4 is 6.29 Å². The minimum absolute atomic E-state index is 0.327. The Morgan fingerprint density at radius 2 is 2.33 bits per heavy atom. The molecule has 0 aromatic carbocycles. The molecule has 6 nitrogen and oxygen atoms in total. The molecule has 1 aromatic rings. The predicted molar refractivity (Wildman–Crippen MR) is 52.6 cm³/mol. The molecule has 0 unspecified atom stereocenters. The zero-order chi connectivity index (χ0) is 11.1. The Morgan fingerprint density at radius 3 is 2.93 bits per heavy atom. The number of hydrogen-bond donors (Lipinski definition) is 0. The molecule has 0 radical (unpaired) electrons. The largest absolute Gasteiger partial charge is 0.380 e. The van der Waals surface area contributed by atoms with Gasteiger partial charge in [0.1, 0.15) is 0 Å². The Morgan fingerprint density at radius 1 is 1.53 bits per heavy atom. The number of nitrogens with zero attached hydrogens (tertiary/aromatic N) is 3. The van der Waals surface area contributed by atoms with Gasteiger partial charge >= 0.3 is 0 Å². The van der Waals surface area contributed by atoms with Crippen LogP contribution in [0.4, 0.5) is 0 Å². The second-order valence-corrected chi connectivity index (χ2v) is 2.89. The first-order valence-corrected chi connectivity index (χ1v) is 4.77. The Hall–Kier alpha value is -1.27. The molecule has 0 amide bonds. The zero-order valence-corrected chi connectivity index (χ0v) is 8.97. The lowest BCUT2D eigenvalue weighted by Crippen LogP contribution is -2.11. The van der Waals surface area contributed by atoms with Crippen LogP contribution in [0.5, 0.6) is 0 Å². The predicted octanol–water partition coefficient (Wildman–Crippen LogP) is 0.274. The van der Waals surface area contributed by atoms with Crippen LogP contribution in [0.25, 0.3) is 0 Å². The lowest BCUT2D eigenvalue weighted by Gasteiger charge is -2.05. The van der Waals surface area contributed by atoms with E-state index in [2.05, 4.69) is 10.3 Å². The van der Waals surface area contributed by atoms with E-state index in [1.54, 1.807) is 11.8 Å². The van der Waals surface area contributed by atoms with E-state index in [-0.39, 0.29) is 0 Å². The van der Waals surface area contributed by atoms with Gasteiger partial charge in [0.2, 0.25) is 0 Å². The highest BCUT2D eigenvalue weighted by Gasteiger charge is 2.11. The van der Waals surface area contributed by atoms with Crippen LogP contribution >= 0.6 is 0 Å². The van der Waals surface area contributed by atoms with E-state index in [0.29, 0.717) is 44.0 Å². The molecular formula is C9H15N3O3. The third-order valence-corrected chi connectivity index (χ3v) is 1.91. The standard InChI is InChI=1S/C9H15N3O3/c1-3-15-5-4-12-9(7-14-2)8(6-13)10-11-12/h6H,3-5,7H2,1-2H3. The van der Waals surface area contributed by atoms with Crippen molar-refractivity contribution in [3.05, 3.63) is 11.4 Å². The fraction of sp³-hybridized carbons (Fsp3) is 0.667. The van der Waals surface area contributed by atoms with Crippen molar-refractivity contribution in [1.82, 2.24) is 15.0 Å². The van der Waals surface area contributed by atoms with E-state index in [1.165, 1.54) is 0 Å². The van der Waals surface area contributed by atoms with Crippen molar-refractivity contribution in [1.29, 1.82) is 0 Å². The lowest BCUT2D eigenvalue weighted by atomic mass is 10.3. The second-order valence-electron chi connectivity index (χ2n) is 2.89. The van der Waals surface area contributed by atoms with Crippen molar-refractivity contribution in [2.45, 2.75) is 20.1 Å². The summed E-state index contributed by atoms with van der Waals surface area (Å²) in [6, 6.07) is 0. The maximum atomic E-state index is 10.6. The van der Waals surface area contributed by atoms with Crippen LogP contribution in [0.15, 0.2) is 0 Å².